The van der Waals surface area contributed by atoms with E-state index in [1.54, 1.807) is 30.3 Å². The maximum Gasteiger partial charge on any atom is 0.337 e. The Labute approximate surface area is 208 Å². The number of methoxy groups -OCH3 is 1. The largest absolute Gasteiger partial charge is 0.465 e. The zero-order chi connectivity index (χ0) is 23.7. The first kappa shape index (κ1) is 23.2. The van der Waals surface area contributed by atoms with Crippen LogP contribution in [-0.2, 0) is 4.74 Å². The van der Waals surface area contributed by atoms with E-state index in [9.17, 15) is 9.59 Å². The molecule has 0 fully saturated rings. The quantitative estimate of drug-likeness (QED) is 0.285. The fourth-order valence-electron chi connectivity index (χ4n) is 3.57. The molecule has 0 saturated heterocycles. The summed E-state index contributed by atoms with van der Waals surface area (Å²) in [6.07, 6.45) is 0. The number of esters is 1. The number of nitrogens with one attached hydrogen (secondary N) is 1. The third-order valence-corrected chi connectivity index (χ3v) is 6.73. The van der Waals surface area contributed by atoms with Crippen molar-refractivity contribution in [3.63, 3.8) is 0 Å². The van der Waals surface area contributed by atoms with E-state index < -0.39 is 0 Å². The number of ether oxygens (including phenoxy) is 1. The molecule has 4 rings (SSSR count). The second-order valence-electron chi connectivity index (χ2n) is 7.27. The number of carbonyl (C=O) groups excluding carboxylic acids is 2. The van der Waals surface area contributed by atoms with Gasteiger partial charge in [0.25, 0.3) is 5.91 Å². The van der Waals surface area contributed by atoms with Gasteiger partial charge in [-0.2, -0.15) is 0 Å². The van der Waals surface area contributed by atoms with Crippen LogP contribution in [0, 0.1) is 13.8 Å². The summed E-state index contributed by atoms with van der Waals surface area (Å²) in [6.45, 7) is 4.02. The fourth-order valence-corrected chi connectivity index (χ4v) is 4.84. The van der Waals surface area contributed by atoms with Crippen LogP contribution in [-0.4, -0.2) is 28.5 Å². The predicted molar refractivity (Wildman–Crippen MR) is 135 cm³/mol. The third-order valence-electron chi connectivity index (χ3n) is 5.15. The Kier molecular flexibility index (Phi) is 6.69. The molecule has 0 bridgehead atoms. The molecule has 1 N–H and O–H groups in total. The van der Waals surface area contributed by atoms with Crippen molar-refractivity contribution < 1.29 is 14.3 Å². The number of hydrogen-bond acceptors (Lipinski definition) is 5. The van der Waals surface area contributed by atoms with E-state index >= 15 is 0 Å². The minimum atomic E-state index is -0.371. The number of nitrogens with zero attached hydrogens (tertiary/aromatic N) is 2. The number of carbonyl (C=O) groups is 2. The number of rotatable bonds is 5. The smallest absolute Gasteiger partial charge is 0.337 e. The molecule has 33 heavy (non-hydrogen) atoms. The molecule has 0 radical (unpaired) electrons. The van der Waals surface area contributed by atoms with E-state index in [1.807, 2.05) is 31.4 Å². The van der Waals surface area contributed by atoms with Crippen LogP contribution in [0.4, 0.5) is 5.13 Å². The summed E-state index contributed by atoms with van der Waals surface area (Å²) in [5.74, 6) is -0.692. The van der Waals surface area contributed by atoms with Crippen LogP contribution in [0.2, 0.25) is 5.02 Å². The van der Waals surface area contributed by atoms with Crippen molar-refractivity contribution in [2.24, 2.45) is 0 Å². The van der Waals surface area contributed by atoms with Crippen LogP contribution in [0.15, 0.2) is 58.4 Å². The number of hydrogen-bond donors (Lipinski definition) is 1. The Hall–Kier alpha value is -2.94. The summed E-state index contributed by atoms with van der Waals surface area (Å²) in [5.41, 5.74) is 5.54. The van der Waals surface area contributed by atoms with Gasteiger partial charge < -0.3 is 9.30 Å². The summed E-state index contributed by atoms with van der Waals surface area (Å²) in [7, 11) is 1.36. The Bertz CT molecular complexity index is 1360. The number of aryl methyl sites for hydroxylation is 1. The van der Waals surface area contributed by atoms with Gasteiger partial charge in [0.05, 0.1) is 29.0 Å². The van der Waals surface area contributed by atoms with E-state index in [4.69, 9.17) is 16.3 Å². The van der Waals surface area contributed by atoms with Crippen molar-refractivity contribution in [3.8, 4) is 16.9 Å². The Morgan fingerprint density at radius 2 is 1.85 bits per heavy atom. The number of benzene rings is 2. The Morgan fingerprint density at radius 1 is 1.12 bits per heavy atom. The van der Waals surface area contributed by atoms with Crippen molar-refractivity contribution >= 4 is 55.9 Å². The number of aromatic nitrogens is 2. The van der Waals surface area contributed by atoms with E-state index in [0.717, 1.165) is 32.8 Å². The highest BCUT2D eigenvalue weighted by Gasteiger charge is 2.17. The molecule has 4 aromatic rings. The van der Waals surface area contributed by atoms with Gasteiger partial charge >= 0.3 is 5.97 Å². The number of amides is 1. The first-order chi connectivity index (χ1) is 15.8. The maximum absolute atomic E-state index is 12.7. The second kappa shape index (κ2) is 9.51. The molecule has 0 unspecified atom stereocenters. The molecular weight excluding hydrogens is 526 g/mol. The lowest BCUT2D eigenvalue weighted by molar-refractivity contribution is 0.0600. The average molecular weight is 545 g/mol. The zero-order valence-corrected chi connectivity index (χ0v) is 21.1. The van der Waals surface area contributed by atoms with Crippen molar-refractivity contribution in [1.82, 2.24) is 9.55 Å². The average Bonchev–Trinajstić information content (AvgIpc) is 3.38. The topological polar surface area (TPSA) is 73.2 Å². The van der Waals surface area contributed by atoms with Gasteiger partial charge in [0, 0.05) is 32.5 Å². The molecule has 2 heterocycles. The lowest BCUT2D eigenvalue weighted by atomic mass is 10.2. The van der Waals surface area contributed by atoms with Crippen molar-refractivity contribution in [1.29, 1.82) is 0 Å². The molecule has 0 spiro atoms. The number of thiazole rings is 1. The van der Waals surface area contributed by atoms with Crippen molar-refractivity contribution in [2.75, 3.05) is 12.4 Å². The van der Waals surface area contributed by atoms with E-state index in [-0.39, 0.29) is 11.9 Å². The Balaban J connectivity index is 1.59. The van der Waals surface area contributed by atoms with Crippen LogP contribution in [0.25, 0.3) is 16.9 Å². The SMILES string of the molecule is COC(=O)c1ccc(-n2c(C)cc(-c3csc(NC(=O)c4cc(Br)ccc4Cl)n3)c2C)cc1. The number of halogens is 2. The van der Waals surface area contributed by atoms with E-state index in [2.05, 4.69) is 36.9 Å². The highest BCUT2D eigenvalue weighted by atomic mass is 79.9. The fraction of sp³-hybridized carbons (Fsp3) is 0.125. The highest BCUT2D eigenvalue weighted by molar-refractivity contribution is 9.10. The molecule has 0 aliphatic heterocycles. The summed E-state index contributed by atoms with van der Waals surface area (Å²) in [4.78, 5) is 29.0. The first-order valence-electron chi connectivity index (χ1n) is 9.88. The predicted octanol–water partition coefficient (Wildman–Crippen LogP) is 6.67. The normalized spacial score (nSPS) is 10.8. The van der Waals surface area contributed by atoms with Crippen molar-refractivity contribution in [2.45, 2.75) is 13.8 Å². The molecule has 9 heteroatoms. The standard InChI is InChI=1S/C24H19BrClN3O3S/c1-13-10-18(14(2)29(13)17-7-4-15(5-8-17)23(31)32-3)21-12-33-24(27-21)28-22(30)19-11-16(25)6-9-20(19)26/h4-12H,1-3H3,(H,27,28,30). The van der Waals surface area contributed by atoms with Gasteiger partial charge in [-0.3, -0.25) is 10.1 Å². The van der Waals surface area contributed by atoms with Crippen LogP contribution in [0.5, 0.6) is 0 Å². The monoisotopic (exact) mass is 543 g/mol. The summed E-state index contributed by atoms with van der Waals surface area (Å²) in [6, 6.07) is 14.4. The molecule has 2 aromatic carbocycles. The van der Waals surface area contributed by atoms with Crippen molar-refractivity contribution in [3.05, 3.63) is 85.9 Å². The molecule has 0 atom stereocenters. The first-order valence-corrected chi connectivity index (χ1v) is 11.9. The zero-order valence-electron chi connectivity index (χ0n) is 18.0. The molecule has 0 saturated carbocycles. The van der Waals surface area contributed by atoms with E-state index in [0.29, 0.717) is 21.3 Å². The molecule has 0 aliphatic carbocycles. The van der Waals surface area contributed by atoms with Gasteiger partial charge in [-0.15, -0.1) is 11.3 Å². The lowest BCUT2D eigenvalue weighted by Crippen LogP contribution is -2.12. The Morgan fingerprint density at radius 3 is 2.55 bits per heavy atom. The molecule has 168 valence electrons. The third kappa shape index (κ3) is 4.73. The molecule has 1 amide bonds. The van der Waals surface area contributed by atoms with E-state index in [1.165, 1.54) is 18.4 Å². The van der Waals surface area contributed by atoms with Gasteiger partial charge in [0.1, 0.15) is 0 Å². The van der Waals surface area contributed by atoms with Crippen LogP contribution >= 0.6 is 38.9 Å². The minimum absolute atomic E-state index is 0.321. The molecule has 6 nitrogen and oxygen atoms in total. The van der Waals surface area contributed by atoms with Gasteiger partial charge in [-0.1, -0.05) is 27.5 Å². The summed E-state index contributed by atoms with van der Waals surface area (Å²) < 4.78 is 7.63. The minimum Gasteiger partial charge on any atom is -0.465 e. The molecule has 2 aromatic heterocycles. The maximum atomic E-state index is 12.7. The summed E-state index contributed by atoms with van der Waals surface area (Å²) >= 11 is 10.9. The summed E-state index contributed by atoms with van der Waals surface area (Å²) in [5, 5.41) is 5.59. The molecular formula is C24H19BrClN3O3S. The number of anilines is 1. The highest BCUT2D eigenvalue weighted by Crippen LogP contribution is 2.32. The lowest BCUT2D eigenvalue weighted by Gasteiger charge is -2.10. The molecule has 0 aliphatic rings. The van der Waals surface area contributed by atoms with Crippen LogP contribution in [0.1, 0.15) is 32.1 Å². The van der Waals surface area contributed by atoms with Gasteiger partial charge in [0.2, 0.25) is 0 Å². The van der Waals surface area contributed by atoms with Gasteiger partial charge in [-0.05, 0) is 62.4 Å². The van der Waals surface area contributed by atoms with Crippen LogP contribution < -0.4 is 5.32 Å². The van der Waals surface area contributed by atoms with Gasteiger partial charge in [0.15, 0.2) is 5.13 Å². The van der Waals surface area contributed by atoms with Gasteiger partial charge in [-0.25, -0.2) is 9.78 Å². The van der Waals surface area contributed by atoms with Crippen LogP contribution in [0.3, 0.4) is 0 Å². The second-order valence-corrected chi connectivity index (χ2v) is 9.46.